The molecule has 0 bridgehead atoms. The van der Waals surface area contributed by atoms with Gasteiger partial charge in [0.15, 0.2) is 0 Å². The second kappa shape index (κ2) is 4.24. The van der Waals surface area contributed by atoms with Crippen molar-refractivity contribution >= 4 is 0 Å². The summed E-state index contributed by atoms with van der Waals surface area (Å²) >= 11 is 0. The predicted molar refractivity (Wildman–Crippen MR) is 64.5 cm³/mol. The van der Waals surface area contributed by atoms with Crippen LogP contribution in [0.4, 0.5) is 0 Å². The highest BCUT2D eigenvalue weighted by Crippen LogP contribution is 2.39. The summed E-state index contributed by atoms with van der Waals surface area (Å²) in [5.41, 5.74) is -0.244. The largest absolute Gasteiger partial charge is 0.379 e. The maximum Gasteiger partial charge on any atom is 0.123 e. The summed E-state index contributed by atoms with van der Waals surface area (Å²) in [5, 5.41) is 9.65. The van der Waals surface area contributed by atoms with Crippen molar-refractivity contribution in [1.82, 2.24) is 9.80 Å². The summed E-state index contributed by atoms with van der Waals surface area (Å²) < 4.78 is 5.40. The van der Waals surface area contributed by atoms with Crippen molar-refractivity contribution in [3.05, 3.63) is 0 Å². The molecule has 2 unspecified atom stereocenters. The second-order valence-corrected chi connectivity index (χ2v) is 5.70. The van der Waals surface area contributed by atoms with Crippen molar-refractivity contribution in [2.24, 2.45) is 0 Å². The zero-order chi connectivity index (χ0) is 11.9. The number of likely N-dealkylation sites (tertiary alicyclic amines) is 1. The van der Waals surface area contributed by atoms with Gasteiger partial charge in [0, 0.05) is 31.7 Å². The number of nitriles is 1. The summed E-state index contributed by atoms with van der Waals surface area (Å²) in [6, 6.07) is 3.94. The third kappa shape index (κ3) is 1.97. The van der Waals surface area contributed by atoms with Gasteiger partial charge in [-0.3, -0.25) is 9.80 Å². The lowest BCUT2D eigenvalue weighted by Crippen LogP contribution is -2.54. The quantitative estimate of drug-likeness (QED) is 0.711. The number of hydrogen-bond donors (Lipinski definition) is 0. The Balaban J connectivity index is 1.76. The molecule has 2 saturated heterocycles. The second-order valence-electron chi connectivity index (χ2n) is 5.70. The zero-order valence-electron chi connectivity index (χ0n) is 10.6. The Morgan fingerprint density at radius 1 is 1.29 bits per heavy atom. The van der Waals surface area contributed by atoms with E-state index in [0.29, 0.717) is 6.04 Å². The van der Waals surface area contributed by atoms with E-state index in [4.69, 9.17) is 4.74 Å². The Labute approximate surface area is 103 Å². The van der Waals surface area contributed by atoms with Crippen LogP contribution in [0.2, 0.25) is 0 Å². The minimum absolute atomic E-state index is 0.244. The SMILES string of the molecule is CC1CC(C#N)(N2CCOCC2)CN1C1CC1. The van der Waals surface area contributed by atoms with Crippen LogP contribution in [-0.2, 0) is 4.74 Å². The molecule has 1 saturated carbocycles. The van der Waals surface area contributed by atoms with Crippen LogP contribution in [0.15, 0.2) is 0 Å². The van der Waals surface area contributed by atoms with Gasteiger partial charge in [-0.15, -0.1) is 0 Å². The Morgan fingerprint density at radius 2 is 2.00 bits per heavy atom. The van der Waals surface area contributed by atoms with Gasteiger partial charge in [0.25, 0.3) is 0 Å². The molecule has 2 aliphatic heterocycles. The lowest BCUT2D eigenvalue weighted by atomic mass is 9.95. The van der Waals surface area contributed by atoms with Crippen LogP contribution in [0, 0.1) is 11.3 Å². The molecule has 0 aromatic carbocycles. The lowest BCUT2D eigenvalue weighted by Gasteiger charge is -2.38. The van der Waals surface area contributed by atoms with Crippen molar-refractivity contribution in [3.8, 4) is 6.07 Å². The fourth-order valence-electron chi connectivity index (χ4n) is 3.40. The summed E-state index contributed by atoms with van der Waals surface area (Å²) in [6.45, 7) is 6.60. The molecule has 0 N–H and O–H groups in total. The Morgan fingerprint density at radius 3 is 2.59 bits per heavy atom. The van der Waals surface area contributed by atoms with Gasteiger partial charge in [0.1, 0.15) is 5.54 Å². The first-order chi connectivity index (χ1) is 8.25. The number of hydrogen-bond acceptors (Lipinski definition) is 4. The summed E-state index contributed by atoms with van der Waals surface area (Å²) in [4.78, 5) is 4.91. The van der Waals surface area contributed by atoms with Crippen molar-refractivity contribution in [3.63, 3.8) is 0 Å². The van der Waals surface area contributed by atoms with Crippen LogP contribution in [0.3, 0.4) is 0 Å². The predicted octanol–water partition coefficient (Wildman–Crippen LogP) is 0.838. The highest BCUT2D eigenvalue weighted by Gasteiger charge is 2.50. The first-order valence-electron chi connectivity index (χ1n) is 6.75. The Kier molecular flexibility index (Phi) is 2.86. The highest BCUT2D eigenvalue weighted by atomic mass is 16.5. The van der Waals surface area contributed by atoms with E-state index >= 15 is 0 Å². The van der Waals surface area contributed by atoms with Crippen molar-refractivity contribution in [1.29, 1.82) is 5.26 Å². The summed E-state index contributed by atoms with van der Waals surface area (Å²) in [6.07, 6.45) is 3.66. The molecule has 0 radical (unpaired) electrons. The maximum atomic E-state index is 9.65. The molecule has 0 aromatic heterocycles. The average Bonchev–Trinajstić information content (AvgIpc) is 3.15. The van der Waals surface area contributed by atoms with Crippen LogP contribution in [0.25, 0.3) is 0 Å². The van der Waals surface area contributed by atoms with E-state index in [0.717, 1.165) is 45.3 Å². The molecule has 94 valence electrons. The number of rotatable bonds is 2. The van der Waals surface area contributed by atoms with E-state index < -0.39 is 0 Å². The topological polar surface area (TPSA) is 39.5 Å². The van der Waals surface area contributed by atoms with E-state index in [9.17, 15) is 5.26 Å². The number of ether oxygens (including phenoxy) is 1. The number of nitrogens with zero attached hydrogens (tertiary/aromatic N) is 3. The van der Waals surface area contributed by atoms with Gasteiger partial charge < -0.3 is 4.74 Å². The molecular weight excluding hydrogens is 214 g/mol. The molecule has 3 aliphatic rings. The monoisotopic (exact) mass is 235 g/mol. The number of morpholine rings is 1. The van der Waals surface area contributed by atoms with E-state index in [-0.39, 0.29) is 5.54 Å². The van der Waals surface area contributed by atoms with Crippen LogP contribution in [-0.4, -0.2) is 60.3 Å². The van der Waals surface area contributed by atoms with Gasteiger partial charge in [0.05, 0.1) is 19.3 Å². The van der Waals surface area contributed by atoms with Gasteiger partial charge in [-0.2, -0.15) is 5.26 Å². The van der Waals surface area contributed by atoms with Gasteiger partial charge in [0.2, 0.25) is 0 Å². The maximum absolute atomic E-state index is 9.65. The fourth-order valence-corrected chi connectivity index (χ4v) is 3.40. The lowest BCUT2D eigenvalue weighted by molar-refractivity contribution is -0.000884. The van der Waals surface area contributed by atoms with Crippen LogP contribution in [0.5, 0.6) is 0 Å². The molecule has 4 nitrogen and oxygen atoms in total. The first-order valence-corrected chi connectivity index (χ1v) is 6.75. The third-order valence-corrected chi connectivity index (χ3v) is 4.48. The van der Waals surface area contributed by atoms with Crippen LogP contribution >= 0.6 is 0 Å². The molecule has 2 atom stereocenters. The molecule has 2 heterocycles. The van der Waals surface area contributed by atoms with E-state index in [1.54, 1.807) is 0 Å². The molecule has 1 aliphatic carbocycles. The average molecular weight is 235 g/mol. The molecule has 4 heteroatoms. The van der Waals surface area contributed by atoms with Crippen LogP contribution < -0.4 is 0 Å². The van der Waals surface area contributed by atoms with Crippen molar-refractivity contribution < 1.29 is 4.74 Å². The third-order valence-electron chi connectivity index (χ3n) is 4.48. The van der Waals surface area contributed by atoms with Crippen molar-refractivity contribution in [2.45, 2.75) is 43.8 Å². The molecular formula is C13H21N3O. The smallest absolute Gasteiger partial charge is 0.123 e. The van der Waals surface area contributed by atoms with E-state index in [2.05, 4.69) is 22.8 Å². The minimum Gasteiger partial charge on any atom is -0.379 e. The summed E-state index contributed by atoms with van der Waals surface area (Å²) in [5.74, 6) is 0. The van der Waals surface area contributed by atoms with E-state index in [1.807, 2.05) is 0 Å². The van der Waals surface area contributed by atoms with E-state index in [1.165, 1.54) is 12.8 Å². The first kappa shape index (κ1) is 11.5. The zero-order valence-corrected chi connectivity index (χ0v) is 10.6. The molecule has 17 heavy (non-hydrogen) atoms. The van der Waals surface area contributed by atoms with Gasteiger partial charge in [-0.05, 0) is 26.2 Å². The Hall–Kier alpha value is -0.630. The Bertz CT molecular complexity index is 330. The minimum atomic E-state index is -0.244. The molecule has 3 fully saturated rings. The molecule has 0 aromatic rings. The summed E-state index contributed by atoms with van der Waals surface area (Å²) in [7, 11) is 0. The molecule has 0 spiro atoms. The molecule has 3 rings (SSSR count). The standard InChI is InChI=1S/C13H21N3O/c1-11-8-13(9-14,10-16(11)12-2-3-12)15-4-6-17-7-5-15/h11-12H,2-8,10H2,1H3. The van der Waals surface area contributed by atoms with Crippen molar-refractivity contribution in [2.75, 3.05) is 32.8 Å². The fraction of sp³-hybridized carbons (Fsp3) is 0.923. The molecule has 0 amide bonds. The van der Waals surface area contributed by atoms with Gasteiger partial charge >= 0.3 is 0 Å². The normalized spacial score (nSPS) is 40.4. The van der Waals surface area contributed by atoms with Gasteiger partial charge in [-0.25, -0.2) is 0 Å². The highest BCUT2D eigenvalue weighted by molar-refractivity contribution is 5.17. The van der Waals surface area contributed by atoms with Crippen LogP contribution in [0.1, 0.15) is 26.2 Å². The van der Waals surface area contributed by atoms with Gasteiger partial charge in [-0.1, -0.05) is 0 Å².